The molecule has 5 nitrogen and oxygen atoms in total. The molecule has 1 fully saturated rings. The number of carbonyl (C=O) groups is 3. The first-order chi connectivity index (χ1) is 7.45. The maximum atomic E-state index is 11.9. The summed E-state index contributed by atoms with van der Waals surface area (Å²) in [6, 6.07) is -0.720. The molecule has 91 valence electrons. The number of urea groups is 1. The van der Waals surface area contributed by atoms with E-state index in [1.165, 1.54) is 0 Å². The van der Waals surface area contributed by atoms with Crippen molar-refractivity contribution in [3.63, 3.8) is 0 Å². The standard InChI is InChI=1S/C11H18N2O3.Na/c1-4-5-6-11(7(2)3)8(14)12-10(16)13-9(11)15;/h7H,4-6H2,1-3H3,(H2,12,13,14,15,16);. The summed E-state index contributed by atoms with van der Waals surface area (Å²) in [7, 11) is 0. The van der Waals surface area contributed by atoms with E-state index in [-0.39, 0.29) is 35.5 Å². The molecule has 0 spiro atoms. The summed E-state index contributed by atoms with van der Waals surface area (Å²) < 4.78 is 0. The molecule has 1 radical (unpaired) electrons. The van der Waals surface area contributed by atoms with Crippen LogP contribution in [0.2, 0.25) is 0 Å². The van der Waals surface area contributed by atoms with Crippen molar-refractivity contribution >= 4 is 47.4 Å². The van der Waals surface area contributed by atoms with Gasteiger partial charge in [-0.05, 0) is 12.3 Å². The average molecular weight is 249 g/mol. The Kier molecular flexibility index (Phi) is 6.37. The molecule has 0 aromatic carbocycles. The predicted molar refractivity (Wildman–Crippen MR) is 64.2 cm³/mol. The number of unbranched alkanes of at least 4 members (excludes halogenated alkanes) is 1. The van der Waals surface area contributed by atoms with Crippen LogP contribution in [0, 0.1) is 11.3 Å². The van der Waals surface area contributed by atoms with Crippen molar-refractivity contribution in [2.24, 2.45) is 11.3 Å². The van der Waals surface area contributed by atoms with Crippen molar-refractivity contribution < 1.29 is 14.4 Å². The minimum absolute atomic E-state index is 0. The Bertz CT molecular complexity index is 309. The monoisotopic (exact) mass is 249 g/mol. The van der Waals surface area contributed by atoms with Crippen molar-refractivity contribution in [3.8, 4) is 0 Å². The third kappa shape index (κ3) is 3.09. The van der Waals surface area contributed by atoms with Gasteiger partial charge >= 0.3 is 6.03 Å². The van der Waals surface area contributed by atoms with Gasteiger partial charge in [0, 0.05) is 29.6 Å². The summed E-state index contributed by atoms with van der Waals surface area (Å²) in [4.78, 5) is 34.8. The van der Waals surface area contributed by atoms with Gasteiger partial charge in [-0.2, -0.15) is 0 Å². The minimum atomic E-state index is -1.09. The van der Waals surface area contributed by atoms with Gasteiger partial charge < -0.3 is 0 Å². The third-order valence-electron chi connectivity index (χ3n) is 3.17. The quantitative estimate of drug-likeness (QED) is 0.571. The van der Waals surface area contributed by atoms with Crippen LogP contribution in [0.15, 0.2) is 0 Å². The van der Waals surface area contributed by atoms with Gasteiger partial charge in [-0.15, -0.1) is 0 Å². The number of hydrogen-bond donors (Lipinski definition) is 2. The Balaban J connectivity index is 0.00000256. The molecule has 6 heteroatoms. The normalized spacial score (nSPS) is 18.5. The molecular formula is C11H18N2NaO3. The van der Waals surface area contributed by atoms with Crippen molar-refractivity contribution in [3.05, 3.63) is 0 Å². The van der Waals surface area contributed by atoms with Crippen molar-refractivity contribution in [1.29, 1.82) is 0 Å². The molecule has 0 saturated carbocycles. The van der Waals surface area contributed by atoms with E-state index in [0.29, 0.717) is 6.42 Å². The molecule has 0 aromatic rings. The number of amides is 4. The van der Waals surface area contributed by atoms with Crippen LogP contribution in [0.5, 0.6) is 0 Å². The first-order valence-corrected chi connectivity index (χ1v) is 5.62. The molecule has 1 rings (SSSR count). The van der Waals surface area contributed by atoms with Gasteiger partial charge in [-0.3, -0.25) is 20.2 Å². The summed E-state index contributed by atoms with van der Waals surface area (Å²) in [6.45, 7) is 5.65. The summed E-state index contributed by atoms with van der Waals surface area (Å²) in [6.07, 6.45) is 2.17. The number of hydrogen-bond acceptors (Lipinski definition) is 3. The Morgan fingerprint density at radius 3 is 1.94 bits per heavy atom. The van der Waals surface area contributed by atoms with Gasteiger partial charge in [0.15, 0.2) is 0 Å². The summed E-state index contributed by atoms with van der Waals surface area (Å²) in [5.41, 5.74) is -1.09. The second-order valence-corrected chi connectivity index (χ2v) is 4.47. The first-order valence-electron chi connectivity index (χ1n) is 5.62. The van der Waals surface area contributed by atoms with Crippen LogP contribution in [0.4, 0.5) is 4.79 Å². The van der Waals surface area contributed by atoms with Crippen LogP contribution < -0.4 is 10.6 Å². The molecule has 1 aliphatic rings. The fourth-order valence-electron chi connectivity index (χ4n) is 2.06. The fraction of sp³-hybridized carbons (Fsp3) is 0.727. The topological polar surface area (TPSA) is 75.3 Å². The SMILES string of the molecule is CCCCC1(C(C)C)C(=O)NC(=O)NC1=O.[Na]. The van der Waals surface area contributed by atoms with E-state index in [4.69, 9.17) is 0 Å². The fourth-order valence-corrected chi connectivity index (χ4v) is 2.06. The van der Waals surface area contributed by atoms with Crippen molar-refractivity contribution in [2.45, 2.75) is 40.0 Å². The number of rotatable bonds is 4. The van der Waals surface area contributed by atoms with Gasteiger partial charge in [0.1, 0.15) is 5.41 Å². The number of imide groups is 2. The van der Waals surface area contributed by atoms with Crippen LogP contribution in [-0.2, 0) is 9.59 Å². The van der Waals surface area contributed by atoms with E-state index >= 15 is 0 Å². The molecule has 4 amide bonds. The molecule has 17 heavy (non-hydrogen) atoms. The van der Waals surface area contributed by atoms with E-state index < -0.39 is 23.3 Å². The number of barbiturate groups is 1. The Morgan fingerprint density at radius 2 is 1.59 bits per heavy atom. The van der Waals surface area contributed by atoms with E-state index in [2.05, 4.69) is 10.6 Å². The van der Waals surface area contributed by atoms with E-state index in [0.717, 1.165) is 12.8 Å². The van der Waals surface area contributed by atoms with Crippen LogP contribution in [-0.4, -0.2) is 47.4 Å². The largest absolute Gasteiger partial charge is 0.328 e. The third-order valence-corrected chi connectivity index (χ3v) is 3.17. The van der Waals surface area contributed by atoms with E-state index in [1.807, 2.05) is 20.8 Å². The van der Waals surface area contributed by atoms with Gasteiger partial charge in [-0.1, -0.05) is 33.6 Å². The van der Waals surface area contributed by atoms with Gasteiger partial charge in [0.2, 0.25) is 11.8 Å². The summed E-state index contributed by atoms with van der Waals surface area (Å²) in [5.74, 6) is -1.07. The van der Waals surface area contributed by atoms with E-state index in [9.17, 15) is 14.4 Å². The average Bonchev–Trinajstić information content (AvgIpc) is 2.16. The zero-order valence-corrected chi connectivity index (χ0v) is 12.9. The van der Waals surface area contributed by atoms with E-state index in [1.54, 1.807) is 0 Å². The number of nitrogens with one attached hydrogen (secondary N) is 2. The molecule has 1 aliphatic heterocycles. The van der Waals surface area contributed by atoms with Crippen molar-refractivity contribution in [2.75, 3.05) is 0 Å². The van der Waals surface area contributed by atoms with Gasteiger partial charge in [0.05, 0.1) is 0 Å². The molecule has 0 aromatic heterocycles. The first kappa shape index (κ1) is 16.6. The summed E-state index contributed by atoms with van der Waals surface area (Å²) in [5, 5.41) is 4.36. The van der Waals surface area contributed by atoms with Crippen LogP contribution >= 0.6 is 0 Å². The molecular weight excluding hydrogens is 231 g/mol. The predicted octanol–water partition coefficient (Wildman–Crippen LogP) is 0.804. The second kappa shape index (κ2) is 6.52. The molecule has 1 saturated heterocycles. The molecule has 0 aliphatic carbocycles. The van der Waals surface area contributed by atoms with Crippen LogP contribution in [0.1, 0.15) is 40.0 Å². The van der Waals surface area contributed by atoms with Crippen molar-refractivity contribution in [1.82, 2.24) is 10.6 Å². The smallest absolute Gasteiger partial charge is 0.277 e. The molecule has 0 bridgehead atoms. The number of carbonyl (C=O) groups excluding carboxylic acids is 3. The summed E-state index contributed by atoms with van der Waals surface area (Å²) >= 11 is 0. The van der Waals surface area contributed by atoms with Gasteiger partial charge in [0.25, 0.3) is 0 Å². The maximum absolute atomic E-state index is 11.9. The Hall–Kier alpha value is -0.390. The maximum Gasteiger partial charge on any atom is 0.328 e. The Morgan fingerprint density at radius 1 is 1.12 bits per heavy atom. The van der Waals surface area contributed by atoms with Crippen LogP contribution in [0.25, 0.3) is 0 Å². The van der Waals surface area contributed by atoms with Crippen LogP contribution in [0.3, 0.4) is 0 Å². The Labute approximate surface area is 123 Å². The molecule has 0 atom stereocenters. The molecule has 2 N–H and O–H groups in total. The zero-order chi connectivity index (χ0) is 12.3. The van der Waals surface area contributed by atoms with Gasteiger partial charge in [-0.25, -0.2) is 4.79 Å². The zero-order valence-electron chi connectivity index (χ0n) is 10.9. The minimum Gasteiger partial charge on any atom is -0.277 e. The molecule has 1 heterocycles. The second-order valence-electron chi connectivity index (χ2n) is 4.47. The molecule has 0 unspecified atom stereocenters.